The summed E-state index contributed by atoms with van der Waals surface area (Å²) in [7, 11) is 0. The van der Waals surface area contributed by atoms with Crippen molar-refractivity contribution in [2.24, 2.45) is 0 Å². The summed E-state index contributed by atoms with van der Waals surface area (Å²) in [6.45, 7) is 8.85. The van der Waals surface area contributed by atoms with Crippen LogP contribution in [0.1, 0.15) is 31.9 Å². The number of furan rings is 2. The summed E-state index contributed by atoms with van der Waals surface area (Å²) >= 11 is 0. The van der Waals surface area contributed by atoms with Gasteiger partial charge in [-0.3, -0.25) is 0 Å². The molecular formula is C43H33NO2. The minimum atomic E-state index is -0.0580. The molecule has 9 rings (SSSR count). The van der Waals surface area contributed by atoms with Crippen LogP contribution in [0.5, 0.6) is 0 Å². The zero-order valence-corrected chi connectivity index (χ0v) is 26.4. The fraction of sp³-hybridized carbons (Fsp3) is 0.116. The number of para-hydroxylation sites is 2. The van der Waals surface area contributed by atoms with Crippen LogP contribution in [0.2, 0.25) is 0 Å². The van der Waals surface area contributed by atoms with Crippen LogP contribution >= 0.6 is 0 Å². The largest absolute Gasteiger partial charge is 0.456 e. The normalized spacial score (nSPS) is 12.3. The highest BCUT2D eigenvalue weighted by atomic mass is 16.3. The van der Waals surface area contributed by atoms with E-state index in [4.69, 9.17) is 8.83 Å². The van der Waals surface area contributed by atoms with Crippen molar-refractivity contribution >= 4 is 82.5 Å². The molecule has 0 atom stereocenters. The summed E-state index contributed by atoms with van der Waals surface area (Å²) in [5.41, 5.74) is 9.03. The van der Waals surface area contributed by atoms with Gasteiger partial charge >= 0.3 is 0 Å². The monoisotopic (exact) mass is 595 g/mol. The maximum Gasteiger partial charge on any atom is 0.159 e. The molecule has 0 radical (unpaired) electrons. The smallest absolute Gasteiger partial charge is 0.159 e. The van der Waals surface area contributed by atoms with Gasteiger partial charge in [0.25, 0.3) is 0 Å². The van der Waals surface area contributed by atoms with Crippen molar-refractivity contribution in [3.05, 3.63) is 139 Å². The molecule has 0 aliphatic rings. The van der Waals surface area contributed by atoms with E-state index >= 15 is 0 Å². The highest BCUT2D eigenvalue weighted by Crippen LogP contribution is 2.48. The second-order valence-corrected chi connectivity index (χ2v) is 13.5. The van der Waals surface area contributed by atoms with Crippen LogP contribution in [0, 0.1) is 6.92 Å². The van der Waals surface area contributed by atoms with E-state index in [1.54, 1.807) is 0 Å². The van der Waals surface area contributed by atoms with E-state index < -0.39 is 0 Å². The molecule has 0 aliphatic heterocycles. The summed E-state index contributed by atoms with van der Waals surface area (Å²) in [4.78, 5) is 2.34. The number of aryl methyl sites for hydroxylation is 1. The Morgan fingerprint density at radius 2 is 1.15 bits per heavy atom. The first-order valence-electron chi connectivity index (χ1n) is 15.9. The quantitative estimate of drug-likeness (QED) is 0.203. The van der Waals surface area contributed by atoms with Crippen LogP contribution in [0.25, 0.3) is 65.4 Å². The Morgan fingerprint density at radius 3 is 1.91 bits per heavy atom. The Balaban J connectivity index is 1.39. The third-order valence-corrected chi connectivity index (χ3v) is 9.41. The molecule has 46 heavy (non-hydrogen) atoms. The molecule has 0 bridgehead atoms. The number of fused-ring (bicyclic) bond motifs is 9. The van der Waals surface area contributed by atoms with E-state index in [1.165, 1.54) is 21.9 Å². The summed E-state index contributed by atoms with van der Waals surface area (Å²) in [5.74, 6) is 0. The number of hydrogen-bond donors (Lipinski definition) is 0. The molecule has 7 aromatic carbocycles. The van der Waals surface area contributed by atoms with Gasteiger partial charge in [-0.2, -0.15) is 0 Å². The fourth-order valence-electron chi connectivity index (χ4n) is 7.17. The molecule has 3 nitrogen and oxygen atoms in total. The third-order valence-electron chi connectivity index (χ3n) is 9.41. The Kier molecular flexibility index (Phi) is 5.67. The molecule has 0 unspecified atom stereocenters. The van der Waals surface area contributed by atoms with Crippen molar-refractivity contribution in [3.63, 3.8) is 0 Å². The zero-order chi connectivity index (χ0) is 31.2. The lowest BCUT2D eigenvalue weighted by molar-refractivity contribution is 0.573. The van der Waals surface area contributed by atoms with Gasteiger partial charge in [-0.1, -0.05) is 117 Å². The summed E-state index contributed by atoms with van der Waals surface area (Å²) < 4.78 is 13.6. The Morgan fingerprint density at radius 1 is 0.500 bits per heavy atom. The SMILES string of the molecule is Cc1ccc(N(c2cc3oc4cc5ccccc5cc4c3c3ccccc23)c2cccc3c2oc2c(C(C)(C)C)cccc23)cc1. The van der Waals surface area contributed by atoms with Gasteiger partial charge < -0.3 is 13.7 Å². The van der Waals surface area contributed by atoms with Gasteiger partial charge in [0.05, 0.1) is 11.4 Å². The van der Waals surface area contributed by atoms with Crippen molar-refractivity contribution in [2.75, 3.05) is 4.90 Å². The molecule has 0 saturated carbocycles. The van der Waals surface area contributed by atoms with Crippen molar-refractivity contribution in [1.29, 1.82) is 0 Å². The van der Waals surface area contributed by atoms with Gasteiger partial charge in [0.15, 0.2) is 5.58 Å². The second kappa shape index (κ2) is 9.73. The standard InChI is InChI=1S/C43H33NO2/c1-26-19-21-29(22-20-26)44(36-18-10-16-33-32-15-9-17-35(43(2,3)4)41(32)46-42(33)36)37-25-39-40(31-14-8-7-13-30(31)37)34-23-27-11-5-6-12-28(27)24-38(34)45-39/h5-25H,1-4H3. The minimum absolute atomic E-state index is 0.0580. The molecule has 0 aliphatic carbocycles. The third kappa shape index (κ3) is 3.98. The van der Waals surface area contributed by atoms with Crippen LogP contribution in [-0.2, 0) is 5.41 Å². The van der Waals surface area contributed by atoms with Crippen molar-refractivity contribution < 1.29 is 8.83 Å². The van der Waals surface area contributed by atoms with Gasteiger partial charge in [0.1, 0.15) is 16.7 Å². The van der Waals surface area contributed by atoms with E-state index in [2.05, 4.69) is 160 Å². The number of nitrogens with zero attached hydrogens (tertiary/aromatic N) is 1. The predicted octanol–water partition coefficient (Wildman–Crippen LogP) is 12.9. The Hall–Kier alpha value is -5.54. The summed E-state index contributed by atoms with van der Waals surface area (Å²) in [6, 6.07) is 45.6. The first kappa shape index (κ1) is 26.8. The van der Waals surface area contributed by atoms with Gasteiger partial charge in [-0.15, -0.1) is 0 Å². The van der Waals surface area contributed by atoms with Crippen LogP contribution in [0.4, 0.5) is 17.1 Å². The molecule has 0 saturated heterocycles. The molecule has 2 aromatic heterocycles. The molecule has 0 amide bonds. The van der Waals surface area contributed by atoms with Gasteiger partial charge in [-0.25, -0.2) is 0 Å². The summed E-state index contributed by atoms with van der Waals surface area (Å²) in [6.07, 6.45) is 0. The molecule has 0 spiro atoms. The lowest BCUT2D eigenvalue weighted by atomic mass is 9.86. The first-order chi connectivity index (χ1) is 22.3. The van der Waals surface area contributed by atoms with Crippen LogP contribution in [0.15, 0.2) is 136 Å². The predicted molar refractivity (Wildman–Crippen MR) is 194 cm³/mol. The van der Waals surface area contributed by atoms with E-state index in [-0.39, 0.29) is 5.41 Å². The molecule has 3 heteroatoms. The maximum atomic E-state index is 6.92. The molecule has 2 heterocycles. The zero-order valence-electron chi connectivity index (χ0n) is 26.4. The average molecular weight is 596 g/mol. The number of hydrogen-bond acceptors (Lipinski definition) is 3. The van der Waals surface area contributed by atoms with Gasteiger partial charge in [-0.05, 0) is 58.8 Å². The molecule has 222 valence electrons. The number of benzene rings is 7. The van der Waals surface area contributed by atoms with E-state index in [0.717, 1.165) is 71.7 Å². The molecule has 0 N–H and O–H groups in total. The van der Waals surface area contributed by atoms with Crippen molar-refractivity contribution in [2.45, 2.75) is 33.1 Å². The second-order valence-electron chi connectivity index (χ2n) is 13.5. The van der Waals surface area contributed by atoms with Crippen molar-refractivity contribution in [3.8, 4) is 0 Å². The van der Waals surface area contributed by atoms with Crippen molar-refractivity contribution in [1.82, 2.24) is 0 Å². The lowest BCUT2D eigenvalue weighted by Crippen LogP contribution is -2.11. The molecule has 9 aromatic rings. The summed E-state index contributed by atoms with van der Waals surface area (Å²) in [5, 5.41) is 9.20. The first-order valence-corrected chi connectivity index (χ1v) is 15.9. The molecular weight excluding hydrogens is 562 g/mol. The fourth-order valence-corrected chi connectivity index (χ4v) is 7.17. The molecule has 0 fully saturated rings. The van der Waals surface area contributed by atoms with Crippen LogP contribution in [0.3, 0.4) is 0 Å². The number of rotatable bonds is 3. The highest BCUT2D eigenvalue weighted by Gasteiger charge is 2.26. The maximum absolute atomic E-state index is 6.92. The Labute approximate surface area is 267 Å². The highest BCUT2D eigenvalue weighted by molar-refractivity contribution is 6.24. The van der Waals surface area contributed by atoms with Gasteiger partial charge in [0.2, 0.25) is 0 Å². The van der Waals surface area contributed by atoms with E-state index in [1.807, 2.05) is 0 Å². The minimum Gasteiger partial charge on any atom is -0.456 e. The Bertz CT molecular complexity index is 2630. The van der Waals surface area contributed by atoms with Gasteiger partial charge in [0, 0.05) is 44.2 Å². The topological polar surface area (TPSA) is 29.5 Å². The average Bonchev–Trinajstić information content (AvgIpc) is 3.62. The van der Waals surface area contributed by atoms with Crippen LogP contribution in [-0.4, -0.2) is 0 Å². The van der Waals surface area contributed by atoms with E-state index in [0.29, 0.717) is 0 Å². The van der Waals surface area contributed by atoms with Crippen LogP contribution < -0.4 is 4.90 Å². The lowest BCUT2D eigenvalue weighted by Gasteiger charge is -2.27. The number of anilines is 3. The van der Waals surface area contributed by atoms with E-state index in [9.17, 15) is 0 Å².